The predicted octanol–water partition coefficient (Wildman–Crippen LogP) is 3.18. The Hall–Kier alpha value is -1.94. The SMILES string of the molecule is CCc1cc(NC2CCNCC2)nc(-c2ccc(C)cc2)n1. The summed E-state index contributed by atoms with van der Waals surface area (Å²) in [6, 6.07) is 11.0. The Morgan fingerprint density at radius 3 is 2.55 bits per heavy atom. The van der Waals surface area contributed by atoms with Gasteiger partial charge in [-0.05, 0) is 39.3 Å². The van der Waals surface area contributed by atoms with E-state index in [0.29, 0.717) is 6.04 Å². The lowest BCUT2D eigenvalue weighted by Gasteiger charge is -2.24. The van der Waals surface area contributed by atoms with Gasteiger partial charge >= 0.3 is 0 Å². The Morgan fingerprint density at radius 2 is 1.86 bits per heavy atom. The van der Waals surface area contributed by atoms with Crippen molar-refractivity contribution in [3.8, 4) is 11.4 Å². The van der Waals surface area contributed by atoms with Gasteiger partial charge in [0.25, 0.3) is 0 Å². The second-order valence-corrected chi connectivity index (χ2v) is 5.96. The Bertz CT molecular complexity index is 615. The fraction of sp³-hybridized carbons (Fsp3) is 0.444. The smallest absolute Gasteiger partial charge is 0.161 e. The summed E-state index contributed by atoms with van der Waals surface area (Å²) in [4.78, 5) is 9.41. The van der Waals surface area contributed by atoms with Crippen molar-refractivity contribution >= 4 is 5.82 Å². The molecule has 1 aliphatic rings. The van der Waals surface area contributed by atoms with Crippen LogP contribution in [0.5, 0.6) is 0 Å². The van der Waals surface area contributed by atoms with Crippen LogP contribution < -0.4 is 10.6 Å². The lowest BCUT2D eigenvalue weighted by molar-refractivity contribution is 0.478. The van der Waals surface area contributed by atoms with E-state index in [1.54, 1.807) is 0 Å². The van der Waals surface area contributed by atoms with Crippen LogP contribution in [0.2, 0.25) is 0 Å². The van der Waals surface area contributed by atoms with Gasteiger partial charge in [-0.25, -0.2) is 9.97 Å². The fourth-order valence-electron chi connectivity index (χ4n) is 2.76. The summed E-state index contributed by atoms with van der Waals surface area (Å²) >= 11 is 0. The molecule has 2 N–H and O–H groups in total. The number of nitrogens with one attached hydrogen (secondary N) is 2. The first-order chi connectivity index (χ1) is 10.7. The van der Waals surface area contributed by atoms with Gasteiger partial charge in [0.15, 0.2) is 5.82 Å². The Morgan fingerprint density at radius 1 is 1.14 bits per heavy atom. The number of nitrogens with zero attached hydrogens (tertiary/aromatic N) is 2. The average Bonchev–Trinajstić information content (AvgIpc) is 2.56. The van der Waals surface area contributed by atoms with Gasteiger partial charge < -0.3 is 10.6 Å². The highest BCUT2D eigenvalue weighted by Gasteiger charge is 2.14. The molecule has 0 aliphatic carbocycles. The Kier molecular flexibility index (Phi) is 4.68. The van der Waals surface area contributed by atoms with Gasteiger partial charge in [0.05, 0.1) is 0 Å². The zero-order valence-corrected chi connectivity index (χ0v) is 13.4. The van der Waals surface area contributed by atoms with E-state index in [1.165, 1.54) is 5.56 Å². The summed E-state index contributed by atoms with van der Waals surface area (Å²) in [5, 5.41) is 6.98. The van der Waals surface area contributed by atoms with E-state index in [1.807, 2.05) is 0 Å². The minimum absolute atomic E-state index is 0.506. The molecule has 1 aromatic carbocycles. The summed E-state index contributed by atoms with van der Waals surface area (Å²) in [6.07, 6.45) is 3.21. The molecule has 3 rings (SSSR count). The third kappa shape index (κ3) is 3.63. The lowest BCUT2D eigenvalue weighted by atomic mass is 10.1. The molecule has 116 valence electrons. The van der Waals surface area contributed by atoms with Gasteiger partial charge in [-0.15, -0.1) is 0 Å². The molecule has 0 saturated carbocycles. The molecule has 22 heavy (non-hydrogen) atoms. The minimum atomic E-state index is 0.506. The lowest BCUT2D eigenvalue weighted by Crippen LogP contribution is -2.35. The van der Waals surface area contributed by atoms with Gasteiger partial charge in [-0.3, -0.25) is 0 Å². The quantitative estimate of drug-likeness (QED) is 0.910. The van der Waals surface area contributed by atoms with Crippen LogP contribution in [-0.2, 0) is 6.42 Å². The molecule has 0 atom stereocenters. The third-order valence-electron chi connectivity index (χ3n) is 4.14. The molecule has 2 aromatic rings. The largest absolute Gasteiger partial charge is 0.367 e. The highest BCUT2D eigenvalue weighted by molar-refractivity contribution is 5.58. The fourth-order valence-corrected chi connectivity index (χ4v) is 2.76. The summed E-state index contributed by atoms with van der Waals surface area (Å²) in [5.74, 6) is 1.77. The average molecular weight is 296 g/mol. The molecule has 2 heterocycles. The molecule has 0 spiro atoms. The van der Waals surface area contributed by atoms with Crippen LogP contribution in [0.4, 0.5) is 5.82 Å². The molecule has 0 amide bonds. The van der Waals surface area contributed by atoms with Gasteiger partial charge in [-0.2, -0.15) is 0 Å². The molecule has 4 heteroatoms. The summed E-state index contributed by atoms with van der Waals surface area (Å²) in [7, 11) is 0. The van der Waals surface area contributed by atoms with Crippen molar-refractivity contribution in [2.45, 2.75) is 39.2 Å². The number of rotatable bonds is 4. The van der Waals surface area contributed by atoms with Crippen molar-refractivity contribution in [1.29, 1.82) is 0 Å². The van der Waals surface area contributed by atoms with E-state index < -0.39 is 0 Å². The molecule has 0 unspecified atom stereocenters. The van der Waals surface area contributed by atoms with Gasteiger partial charge in [0.1, 0.15) is 5.82 Å². The molecule has 0 bridgehead atoms. The summed E-state index contributed by atoms with van der Waals surface area (Å²) in [6.45, 7) is 6.38. The van der Waals surface area contributed by atoms with Crippen LogP contribution in [0.1, 0.15) is 31.0 Å². The second-order valence-electron chi connectivity index (χ2n) is 5.96. The molecule has 0 radical (unpaired) electrons. The molecule has 1 saturated heterocycles. The van der Waals surface area contributed by atoms with Gasteiger partial charge in [-0.1, -0.05) is 36.8 Å². The standard InChI is InChI=1S/C18H24N4/c1-3-15-12-17(20-16-8-10-19-11-9-16)22-18(21-15)14-6-4-13(2)5-7-14/h4-7,12,16,19H,3,8-11H2,1-2H3,(H,20,21,22). The van der Waals surface area contributed by atoms with Gasteiger partial charge in [0, 0.05) is 23.4 Å². The number of hydrogen-bond acceptors (Lipinski definition) is 4. The van der Waals surface area contributed by atoms with Crippen molar-refractivity contribution in [3.63, 3.8) is 0 Å². The monoisotopic (exact) mass is 296 g/mol. The molecular formula is C18H24N4. The maximum atomic E-state index is 4.73. The first-order valence-electron chi connectivity index (χ1n) is 8.17. The van der Waals surface area contributed by atoms with Gasteiger partial charge in [0.2, 0.25) is 0 Å². The number of hydrogen-bond donors (Lipinski definition) is 2. The Balaban J connectivity index is 1.86. The number of benzene rings is 1. The topological polar surface area (TPSA) is 49.8 Å². The van der Waals surface area contributed by atoms with Crippen molar-refractivity contribution in [2.75, 3.05) is 18.4 Å². The number of aromatic nitrogens is 2. The van der Waals surface area contributed by atoms with Crippen molar-refractivity contribution in [3.05, 3.63) is 41.6 Å². The summed E-state index contributed by atoms with van der Waals surface area (Å²) in [5.41, 5.74) is 3.42. The molecule has 1 aliphatic heterocycles. The van der Waals surface area contributed by atoms with Crippen LogP contribution in [0.3, 0.4) is 0 Å². The zero-order chi connectivity index (χ0) is 15.4. The van der Waals surface area contributed by atoms with E-state index >= 15 is 0 Å². The second kappa shape index (κ2) is 6.88. The molecule has 1 aromatic heterocycles. The first kappa shape index (κ1) is 15.0. The molecule has 4 nitrogen and oxygen atoms in total. The van der Waals surface area contributed by atoms with Crippen LogP contribution in [0, 0.1) is 6.92 Å². The minimum Gasteiger partial charge on any atom is -0.367 e. The predicted molar refractivity (Wildman–Crippen MR) is 91.1 cm³/mol. The van der Waals surface area contributed by atoms with Crippen molar-refractivity contribution in [1.82, 2.24) is 15.3 Å². The zero-order valence-electron chi connectivity index (χ0n) is 13.4. The maximum absolute atomic E-state index is 4.73. The van der Waals surface area contributed by atoms with Crippen LogP contribution >= 0.6 is 0 Å². The van der Waals surface area contributed by atoms with E-state index in [-0.39, 0.29) is 0 Å². The first-order valence-corrected chi connectivity index (χ1v) is 8.17. The number of anilines is 1. The highest BCUT2D eigenvalue weighted by Crippen LogP contribution is 2.20. The van der Waals surface area contributed by atoms with Crippen molar-refractivity contribution < 1.29 is 0 Å². The maximum Gasteiger partial charge on any atom is 0.161 e. The Labute approximate surface area is 132 Å². The van der Waals surface area contributed by atoms with E-state index in [4.69, 9.17) is 4.98 Å². The van der Waals surface area contributed by atoms with Crippen LogP contribution in [0.15, 0.2) is 30.3 Å². The van der Waals surface area contributed by atoms with E-state index in [9.17, 15) is 0 Å². The van der Waals surface area contributed by atoms with E-state index in [0.717, 1.165) is 55.3 Å². The van der Waals surface area contributed by atoms with Crippen LogP contribution in [-0.4, -0.2) is 29.1 Å². The van der Waals surface area contributed by atoms with E-state index in [2.05, 4.69) is 59.8 Å². The normalized spacial score (nSPS) is 15.7. The summed E-state index contributed by atoms with van der Waals surface area (Å²) < 4.78 is 0. The van der Waals surface area contributed by atoms with Crippen molar-refractivity contribution in [2.24, 2.45) is 0 Å². The molecular weight excluding hydrogens is 272 g/mol. The third-order valence-corrected chi connectivity index (χ3v) is 4.14. The highest BCUT2D eigenvalue weighted by atomic mass is 15.1. The van der Waals surface area contributed by atoms with Crippen LogP contribution in [0.25, 0.3) is 11.4 Å². The number of aryl methyl sites for hydroxylation is 2. The molecule has 1 fully saturated rings. The number of piperidine rings is 1.